The van der Waals surface area contributed by atoms with Crippen LogP contribution in [0.3, 0.4) is 0 Å². The summed E-state index contributed by atoms with van der Waals surface area (Å²) in [4.78, 5) is 22.4. The van der Waals surface area contributed by atoms with E-state index in [0.717, 1.165) is 6.07 Å². The van der Waals surface area contributed by atoms with Crippen LogP contribution in [0.15, 0.2) is 18.2 Å². The minimum absolute atomic E-state index is 0.0868. The maximum atomic E-state index is 13.1. The summed E-state index contributed by atoms with van der Waals surface area (Å²) in [7, 11) is 1.20. The highest BCUT2D eigenvalue weighted by Crippen LogP contribution is 2.17. The number of esters is 1. The van der Waals surface area contributed by atoms with Gasteiger partial charge in [-0.3, -0.25) is 4.79 Å². The molecule has 2 N–H and O–H groups in total. The first kappa shape index (κ1) is 14.0. The van der Waals surface area contributed by atoms with Crippen molar-refractivity contribution in [3.63, 3.8) is 0 Å². The fraction of sp³-hybridized carbons (Fsp3) is 0.333. The number of phenols is 1. The summed E-state index contributed by atoms with van der Waals surface area (Å²) in [5, 5.41) is 11.5. The van der Waals surface area contributed by atoms with Crippen molar-refractivity contribution in [1.82, 2.24) is 5.32 Å². The lowest BCUT2D eigenvalue weighted by Gasteiger charge is -2.15. The Bertz CT molecular complexity index is 461. The molecule has 1 amide bonds. The number of benzene rings is 1. The highest BCUT2D eigenvalue weighted by molar-refractivity contribution is 5.83. The molecule has 0 heterocycles. The van der Waals surface area contributed by atoms with Gasteiger partial charge in [-0.25, -0.2) is 9.18 Å². The van der Waals surface area contributed by atoms with Crippen molar-refractivity contribution >= 4 is 11.9 Å². The van der Waals surface area contributed by atoms with Crippen LogP contribution < -0.4 is 5.32 Å². The Kier molecular flexibility index (Phi) is 4.65. The fourth-order valence-electron chi connectivity index (χ4n) is 1.49. The number of aromatic hydroxyl groups is 1. The number of hydrogen-bond acceptors (Lipinski definition) is 4. The van der Waals surface area contributed by atoms with E-state index < -0.39 is 23.6 Å². The SMILES string of the molecule is COC(=O)[C@H](Cc1ccc(O)c(F)c1)NC(C)=O. The molecule has 6 heteroatoms. The number of methoxy groups -OCH3 is 1. The number of carbonyl (C=O) groups excluding carboxylic acids is 2. The highest BCUT2D eigenvalue weighted by atomic mass is 19.1. The molecule has 0 radical (unpaired) electrons. The molecule has 0 saturated heterocycles. The van der Waals surface area contributed by atoms with E-state index in [0.29, 0.717) is 5.56 Å². The molecule has 5 nitrogen and oxygen atoms in total. The van der Waals surface area contributed by atoms with Gasteiger partial charge in [0.05, 0.1) is 7.11 Å². The van der Waals surface area contributed by atoms with Crippen molar-refractivity contribution in [2.45, 2.75) is 19.4 Å². The third kappa shape index (κ3) is 3.73. The summed E-state index contributed by atoms with van der Waals surface area (Å²) < 4.78 is 17.7. The van der Waals surface area contributed by atoms with E-state index >= 15 is 0 Å². The van der Waals surface area contributed by atoms with Crippen LogP contribution in [0.4, 0.5) is 4.39 Å². The van der Waals surface area contributed by atoms with E-state index in [4.69, 9.17) is 5.11 Å². The molecule has 1 aromatic rings. The highest BCUT2D eigenvalue weighted by Gasteiger charge is 2.20. The quantitative estimate of drug-likeness (QED) is 0.778. The maximum absolute atomic E-state index is 13.1. The van der Waals surface area contributed by atoms with Crippen LogP contribution in [0, 0.1) is 5.82 Å². The second kappa shape index (κ2) is 6.00. The number of nitrogens with one attached hydrogen (secondary N) is 1. The number of carbonyl (C=O) groups is 2. The van der Waals surface area contributed by atoms with E-state index in [1.165, 1.54) is 26.2 Å². The van der Waals surface area contributed by atoms with Crippen LogP contribution in [0.1, 0.15) is 12.5 Å². The molecule has 1 aromatic carbocycles. The minimum atomic E-state index is -0.878. The average Bonchev–Trinajstić information content (AvgIpc) is 2.31. The zero-order valence-electron chi connectivity index (χ0n) is 10.1. The molecule has 0 spiro atoms. The molecular weight excluding hydrogens is 241 g/mol. The summed E-state index contributed by atoms with van der Waals surface area (Å²) >= 11 is 0. The lowest BCUT2D eigenvalue weighted by molar-refractivity contribution is -0.144. The molecular formula is C12H14FNO4. The second-order valence-electron chi connectivity index (χ2n) is 3.77. The van der Waals surface area contributed by atoms with Gasteiger partial charge in [0.25, 0.3) is 0 Å². The topological polar surface area (TPSA) is 75.6 Å². The minimum Gasteiger partial charge on any atom is -0.505 e. The molecule has 0 unspecified atom stereocenters. The van der Waals surface area contributed by atoms with Gasteiger partial charge < -0.3 is 15.2 Å². The summed E-state index contributed by atoms with van der Waals surface area (Å²) in [6.07, 6.45) is 0.0868. The largest absolute Gasteiger partial charge is 0.505 e. The number of phenolic OH excluding ortho intramolecular Hbond substituents is 1. The molecule has 0 aliphatic carbocycles. The van der Waals surface area contributed by atoms with Crippen LogP contribution in [0.25, 0.3) is 0 Å². The van der Waals surface area contributed by atoms with Gasteiger partial charge in [-0.15, -0.1) is 0 Å². The molecule has 98 valence electrons. The first-order valence-electron chi connectivity index (χ1n) is 5.26. The van der Waals surface area contributed by atoms with Crippen LogP contribution in [-0.4, -0.2) is 30.1 Å². The first-order valence-corrected chi connectivity index (χ1v) is 5.26. The van der Waals surface area contributed by atoms with Crippen molar-refractivity contribution in [2.75, 3.05) is 7.11 Å². The Morgan fingerprint density at radius 3 is 2.67 bits per heavy atom. The second-order valence-corrected chi connectivity index (χ2v) is 3.77. The number of amides is 1. The van der Waals surface area contributed by atoms with Crippen LogP contribution in [0.5, 0.6) is 5.75 Å². The molecule has 0 fully saturated rings. The smallest absolute Gasteiger partial charge is 0.328 e. The Morgan fingerprint density at radius 1 is 1.50 bits per heavy atom. The Morgan fingerprint density at radius 2 is 2.17 bits per heavy atom. The Labute approximate surface area is 104 Å². The van der Waals surface area contributed by atoms with E-state index in [9.17, 15) is 14.0 Å². The number of halogens is 1. The van der Waals surface area contributed by atoms with Gasteiger partial charge in [0, 0.05) is 13.3 Å². The van der Waals surface area contributed by atoms with E-state index in [-0.39, 0.29) is 12.3 Å². The van der Waals surface area contributed by atoms with Gasteiger partial charge in [0.1, 0.15) is 6.04 Å². The van der Waals surface area contributed by atoms with Crippen LogP contribution in [-0.2, 0) is 20.7 Å². The molecule has 0 aliphatic heterocycles. The van der Waals surface area contributed by atoms with Crippen LogP contribution >= 0.6 is 0 Å². The van der Waals surface area contributed by atoms with Gasteiger partial charge in [0.2, 0.25) is 5.91 Å². The van der Waals surface area contributed by atoms with E-state index in [2.05, 4.69) is 10.1 Å². The van der Waals surface area contributed by atoms with Gasteiger partial charge in [-0.05, 0) is 17.7 Å². The molecule has 0 aromatic heterocycles. The summed E-state index contributed by atoms with van der Waals surface area (Å²) in [6.45, 7) is 1.27. The van der Waals surface area contributed by atoms with Crippen molar-refractivity contribution in [1.29, 1.82) is 0 Å². The number of rotatable bonds is 4. The molecule has 1 atom stereocenters. The summed E-state index contributed by atoms with van der Waals surface area (Å²) in [5.74, 6) is -2.24. The van der Waals surface area contributed by atoms with E-state index in [1.54, 1.807) is 0 Å². The lowest BCUT2D eigenvalue weighted by atomic mass is 10.1. The first-order chi connectivity index (χ1) is 8.43. The maximum Gasteiger partial charge on any atom is 0.328 e. The van der Waals surface area contributed by atoms with Gasteiger partial charge >= 0.3 is 5.97 Å². The summed E-state index contributed by atoms with van der Waals surface area (Å²) in [5.41, 5.74) is 0.467. The van der Waals surface area contributed by atoms with Crippen molar-refractivity contribution in [2.24, 2.45) is 0 Å². The Balaban J connectivity index is 2.85. The predicted octanol–water partition coefficient (Wildman–Crippen LogP) is 0.751. The van der Waals surface area contributed by atoms with E-state index in [1.807, 2.05) is 0 Å². The Hall–Kier alpha value is -2.11. The fourth-order valence-corrected chi connectivity index (χ4v) is 1.49. The summed E-state index contributed by atoms with van der Waals surface area (Å²) in [6, 6.07) is 2.88. The monoisotopic (exact) mass is 255 g/mol. The lowest BCUT2D eigenvalue weighted by Crippen LogP contribution is -2.42. The van der Waals surface area contributed by atoms with Crippen molar-refractivity contribution in [3.05, 3.63) is 29.6 Å². The average molecular weight is 255 g/mol. The van der Waals surface area contributed by atoms with Gasteiger partial charge in [-0.2, -0.15) is 0 Å². The van der Waals surface area contributed by atoms with Gasteiger partial charge in [0.15, 0.2) is 11.6 Å². The third-order valence-corrected chi connectivity index (χ3v) is 2.32. The zero-order chi connectivity index (χ0) is 13.7. The zero-order valence-corrected chi connectivity index (χ0v) is 10.1. The number of ether oxygens (including phenoxy) is 1. The molecule has 18 heavy (non-hydrogen) atoms. The predicted molar refractivity (Wildman–Crippen MR) is 61.4 cm³/mol. The van der Waals surface area contributed by atoms with Crippen LogP contribution in [0.2, 0.25) is 0 Å². The number of hydrogen-bond donors (Lipinski definition) is 2. The van der Waals surface area contributed by atoms with Gasteiger partial charge in [-0.1, -0.05) is 6.07 Å². The van der Waals surface area contributed by atoms with Crippen molar-refractivity contribution in [3.8, 4) is 5.75 Å². The molecule has 0 aliphatic rings. The standard InChI is InChI=1S/C12H14FNO4/c1-7(15)14-10(12(17)18-2)6-8-3-4-11(16)9(13)5-8/h3-5,10,16H,6H2,1-2H3,(H,14,15)/t10-/m0/s1. The van der Waals surface area contributed by atoms with Crippen molar-refractivity contribution < 1.29 is 23.8 Å². The third-order valence-electron chi connectivity index (χ3n) is 2.32. The normalized spacial score (nSPS) is 11.7. The molecule has 1 rings (SSSR count). The molecule has 0 saturated carbocycles. The molecule has 0 bridgehead atoms.